The van der Waals surface area contributed by atoms with E-state index in [0.29, 0.717) is 22.6 Å². The molecule has 0 fully saturated rings. The summed E-state index contributed by atoms with van der Waals surface area (Å²) in [5.41, 5.74) is 0.838. The Morgan fingerprint density at radius 2 is 2.06 bits per heavy atom. The molecule has 0 radical (unpaired) electrons. The van der Waals surface area contributed by atoms with Crippen molar-refractivity contribution in [1.82, 2.24) is 0 Å². The van der Waals surface area contributed by atoms with Crippen molar-refractivity contribution in [3.63, 3.8) is 0 Å². The zero-order chi connectivity index (χ0) is 11.7. The smallest absolute Gasteiger partial charge is 0.299 e. The average molecular weight is 238 g/mol. The summed E-state index contributed by atoms with van der Waals surface area (Å²) in [6.45, 7) is 0.210. The Morgan fingerprint density at radius 3 is 2.75 bits per heavy atom. The first-order chi connectivity index (χ1) is 7.65. The summed E-state index contributed by atoms with van der Waals surface area (Å²) in [6, 6.07) is 4.65. The Morgan fingerprint density at radius 1 is 1.31 bits per heavy atom. The molecular weight excluding hydrogens is 230 g/mol. The van der Waals surface area contributed by atoms with E-state index in [9.17, 15) is 14.4 Å². The Hall–Kier alpha value is -1.68. The minimum Gasteiger partial charge on any atom is -0.304 e. The number of halogens is 1. The van der Waals surface area contributed by atoms with Crippen LogP contribution in [0.2, 0.25) is 5.02 Å². The van der Waals surface area contributed by atoms with Crippen molar-refractivity contribution < 1.29 is 14.4 Å². The molecule has 82 valence electrons. The number of Topliss-reactive ketones (excluding diaryl/α,β-unsaturated/α-hetero) is 1. The molecule has 0 atom stereocenters. The molecule has 1 aliphatic rings. The number of carbonyl (C=O) groups is 3. The molecule has 1 aromatic carbocycles. The van der Waals surface area contributed by atoms with Gasteiger partial charge in [0.25, 0.3) is 11.7 Å². The number of nitrogens with zero attached hydrogens (tertiary/aromatic N) is 1. The van der Waals surface area contributed by atoms with Crippen molar-refractivity contribution in [3.05, 3.63) is 28.8 Å². The second-order valence-corrected chi connectivity index (χ2v) is 3.84. The molecule has 16 heavy (non-hydrogen) atoms. The van der Waals surface area contributed by atoms with Gasteiger partial charge in [0, 0.05) is 18.0 Å². The Bertz CT molecular complexity index is 484. The van der Waals surface area contributed by atoms with Crippen molar-refractivity contribution in [2.45, 2.75) is 6.42 Å². The van der Waals surface area contributed by atoms with Crippen molar-refractivity contribution >= 4 is 35.3 Å². The molecule has 0 aliphatic carbocycles. The van der Waals surface area contributed by atoms with E-state index in [0.717, 1.165) is 0 Å². The molecule has 0 aromatic heterocycles. The second-order valence-electron chi connectivity index (χ2n) is 3.40. The fourth-order valence-corrected chi connectivity index (χ4v) is 1.84. The number of hydrogen-bond acceptors (Lipinski definition) is 3. The summed E-state index contributed by atoms with van der Waals surface area (Å²) in [5.74, 6) is -1.14. The summed E-state index contributed by atoms with van der Waals surface area (Å²) in [7, 11) is 0. The van der Waals surface area contributed by atoms with Crippen LogP contribution >= 0.6 is 11.6 Å². The summed E-state index contributed by atoms with van der Waals surface area (Å²) in [6.07, 6.45) is 0.908. The molecule has 1 amide bonds. The summed E-state index contributed by atoms with van der Waals surface area (Å²) >= 11 is 5.80. The number of hydrogen-bond donors (Lipinski definition) is 0. The van der Waals surface area contributed by atoms with Crippen LogP contribution in [0.15, 0.2) is 18.2 Å². The van der Waals surface area contributed by atoms with Crippen LogP contribution in [0.1, 0.15) is 16.8 Å². The van der Waals surface area contributed by atoms with E-state index in [4.69, 9.17) is 11.6 Å². The van der Waals surface area contributed by atoms with Gasteiger partial charge in [0.2, 0.25) is 0 Å². The highest BCUT2D eigenvalue weighted by molar-refractivity contribution is 6.52. The highest BCUT2D eigenvalue weighted by Crippen LogP contribution is 2.31. The zero-order valence-electron chi connectivity index (χ0n) is 8.27. The lowest BCUT2D eigenvalue weighted by molar-refractivity contribution is -0.114. The maximum atomic E-state index is 11.6. The molecule has 1 aliphatic heterocycles. The lowest BCUT2D eigenvalue weighted by Gasteiger charge is -2.14. The monoisotopic (exact) mass is 237 g/mol. The molecular formula is C11H8ClNO3. The average Bonchev–Trinajstić information content (AvgIpc) is 2.50. The van der Waals surface area contributed by atoms with Crippen molar-refractivity contribution in [1.29, 1.82) is 0 Å². The van der Waals surface area contributed by atoms with E-state index >= 15 is 0 Å². The topological polar surface area (TPSA) is 54.5 Å². The third-order valence-electron chi connectivity index (χ3n) is 2.41. The zero-order valence-corrected chi connectivity index (χ0v) is 9.03. The molecule has 0 unspecified atom stereocenters. The van der Waals surface area contributed by atoms with Gasteiger partial charge in [-0.1, -0.05) is 11.6 Å². The maximum absolute atomic E-state index is 11.6. The van der Waals surface area contributed by atoms with E-state index in [2.05, 4.69) is 0 Å². The van der Waals surface area contributed by atoms with Crippen LogP contribution in [0.5, 0.6) is 0 Å². The summed E-state index contributed by atoms with van der Waals surface area (Å²) in [4.78, 5) is 34.7. The van der Waals surface area contributed by atoms with Crippen LogP contribution in [0.25, 0.3) is 0 Å². The highest BCUT2D eigenvalue weighted by Gasteiger charge is 2.35. The molecule has 0 bridgehead atoms. The van der Waals surface area contributed by atoms with Gasteiger partial charge in [-0.05, 0) is 18.2 Å². The molecule has 2 rings (SSSR count). The normalized spacial score (nSPS) is 14.2. The van der Waals surface area contributed by atoms with Crippen LogP contribution in [0.4, 0.5) is 5.69 Å². The molecule has 0 saturated heterocycles. The molecule has 0 saturated carbocycles. The van der Waals surface area contributed by atoms with Gasteiger partial charge in [0.15, 0.2) is 0 Å². The van der Waals surface area contributed by atoms with Crippen LogP contribution in [0, 0.1) is 0 Å². The van der Waals surface area contributed by atoms with E-state index in [1.807, 2.05) is 0 Å². The van der Waals surface area contributed by atoms with Crippen molar-refractivity contribution in [2.75, 3.05) is 11.4 Å². The number of anilines is 1. The van der Waals surface area contributed by atoms with Crippen molar-refractivity contribution in [3.8, 4) is 0 Å². The Labute approximate surface area is 96.8 Å². The summed E-state index contributed by atoms with van der Waals surface area (Å²) < 4.78 is 0. The quantitative estimate of drug-likeness (QED) is 0.591. The van der Waals surface area contributed by atoms with Gasteiger partial charge < -0.3 is 9.69 Å². The molecule has 0 N–H and O–H groups in total. The number of fused-ring (bicyclic) bond motifs is 1. The van der Waals surface area contributed by atoms with E-state index in [1.165, 1.54) is 11.0 Å². The molecule has 0 spiro atoms. The number of aldehydes is 1. The van der Waals surface area contributed by atoms with Crippen LogP contribution in [0.3, 0.4) is 0 Å². The van der Waals surface area contributed by atoms with Crippen LogP contribution in [-0.2, 0) is 9.59 Å². The standard InChI is InChI=1S/C11H8ClNO3/c12-7-2-3-8-9(6-7)13(4-1-5-14)11(16)10(8)15/h2-3,5-6H,1,4H2. The minimum absolute atomic E-state index is 0.199. The van der Waals surface area contributed by atoms with E-state index in [1.54, 1.807) is 12.1 Å². The van der Waals surface area contributed by atoms with Crippen molar-refractivity contribution in [2.24, 2.45) is 0 Å². The predicted molar refractivity (Wildman–Crippen MR) is 58.8 cm³/mol. The Balaban J connectivity index is 2.42. The molecule has 4 nitrogen and oxygen atoms in total. The van der Waals surface area contributed by atoms with Gasteiger partial charge >= 0.3 is 0 Å². The van der Waals surface area contributed by atoms with Gasteiger partial charge in [-0.3, -0.25) is 9.59 Å². The first-order valence-electron chi connectivity index (χ1n) is 4.74. The fraction of sp³-hybridized carbons (Fsp3) is 0.182. The predicted octanol–water partition coefficient (Wildman–Crippen LogP) is 1.46. The second kappa shape index (κ2) is 4.06. The third-order valence-corrected chi connectivity index (χ3v) is 2.64. The first-order valence-corrected chi connectivity index (χ1v) is 5.12. The van der Waals surface area contributed by atoms with Gasteiger partial charge in [-0.2, -0.15) is 0 Å². The third kappa shape index (κ3) is 1.61. The van der Waals surface area contributed by atoms with Gasteiger partial charge in [-0.15, -0.1) is 0 Å². The van der Waals surface area contributed by atoms with Crippen LogP contribution < -0.4 is 4.90 Å². The van der Waals surface area contributed by atoms with Crippen LogP contribution in [-0.4, -0.2) is 24.5 Å². The number of amides is 1. The summed E-state index contributed by atoms with van der Waals surface area (Å²) in [5, 5.41) is 0.456. The SMILES string of the molecule is O=CCCN1C(=O)C(=O)c2ccc(Cl)cc21. The minimum atomic E-state index is -0.598. The number of ketones is 1. The number of benzene rings is 1. The maximum Gasteiger partial charge on any atom is 0.299 e. The Kier molecular flexibility index (Phi) is 2.75. The fourth-order valence-electron chi connectivity index (χ4n) is 1.67. The van der Waals surface area contributed by atoms with E-state index < -0.39 is 11.7 Å². The van der Waals surface area contributed by atoms with Gasteiger partial charge in [-0.25, -0.2) is 0 Å². The lowest BCUT2D eigenvalue weighted by Crippen LogP contribution is -2.30. The van der Waals surface area contributed by atoms with Gasteiger partial charge in [0.05, 0.1) is 11.3 Å². The molecule has 5 heteroatoms. The molecule has 1 aromatic rings. The number of carbonyl (C=O) groups excluding carboxylic acids is 3. The number of rotatable bonds is 3. The van der Waals surface area contributed by atoms with E-state index in [-0.39, 0.29) is 13.0 Å². The first kappa shape index (κ1) is 10.8. The highest BCUT2D eigenvalue weighted by atomic mass is 35.5. The largest absolute Gasteiger partial charge is 0.304 e. The lowest BCUT2D eigenvalue weighted by atomic mass is 10.1. The molecule has 1 heterocycles. The van der Waals surface area contributed by atoms with Gasteiger partial charge in [0.1, 0.15) is 6.29 Å².